The minimum absolute atomic E-state index is 0. The van der Waals surface area contributed by atoms with Gasteiger partial charge in [-0.15, -0.1) is 0 Å². The highest BCUT2D eigenvalue weighted by atomic mass is 79.9. The lowest BCUT2D eigenvalue weighted by molar-refractivity contribution is -0.510. The van der Waals surface area contributed by atoms with Gasteiger partial charge in [0, 0.05) is 11.6 Å². The summed E-state index contributed by atoms with van der Waals surface area (Å²) in [6.07, 6.45) is 4.23. The van der Waals surface area contributed by atoms with Crippen LogP contribution in [-0.4, -0.2) is 11.7 Å². The molecule has 4 rings (SSSR count). The summed E-state index contributed by atoms with van der Waals surface area (Å²) in [6, 6.07) is 24.8. The Morgan fingerprint density at radius 2 is 1.54 bits per heavy atom. The Morgan fingerprint density at radius 3 is 2.25 bits per heavy atom. The van der Waals surface area contributed by atoms with E-state index in [1.54, 1.807) is 7.11 Å². The number of methoxy groups -OCH3 is 1. The van der Waals surface area contributed by atoms with Crippen molar-refractivity contribution in [1.82, 2.24) is 4.57 Å². The van der Waals surface area contributed by atoms with Crippen LogP contribution < -0.4 is 26.1 Å². The second-order valence-corrected chi connectivity index (χ2v) is 5.38. The molecule has 0 unspecified atom stereocenters. The van der Waals surface area contributed by atoms with E-state index in [0.717, 1.165) is 22.8 Å². The van der Waals surface area contributed by atoms with E-state index in [1.807, 2.05) is 24.3 Å². The Morgan fingerprint density at radius 1 is 0.833 bits per heavy atom. The van der Waals surface area contributed by atoms with Gasteiger partial charge in [0.25, 0.3) is 5.65 Å². The second kappa shape index (κ2) is 6.89. The molecule has 0 aliphatic carbocycles. The highest BCUT2D eigenvalue weighted by Crippen LogP contribution is 2.25. The molecule has 0 atom stereocenters. The number of nitrogens with zero attached hydrogens (tertiary/aromatic N) is 2. The molecule has 120 valence electrons. The summed E-state index contributed by atoms with van der Waals surface area (Å²) in [6.45, 7) is 0. The molecule has 0 radical (unpaired) electrons. The van der Waals surface area contributed by atoms with Gasteiger partial charge in [-0.1, -0.05) is 36.4 Å². The monoisotopic (exact) mass is 380 g/mol. The lowest BCUT2D eigenvalue weighted by atomic mass is 10.1. The van der Waals surface area contributed by atoms with E-state index in [-0.39, 0.29) is 17.0 Å². The van der Waals surface area contributed by atoms with Crippen LogP contribution in [0.15, 0.2) is 85.2 Å². The van der Waals surface area contributed by atoms with E-state index >= 15 is 0 Å². The quantitative estimate of drug-likeness (QED) is 0.483. The van der Waals surface area contributed by atoms with Crippen molar-refractivity contribution >= 4 is 5.65 Å². The highest BCUT2D eigenvalue weighted by molar-refractivity contribution is 5.65. The minimum Gasteiger partial charge on any atom is -1.00 e. The topological polar surface area (TPSA) is 18.3 Å². The predicted molar refractivity (Wildman–Crippen MR) is 90.9 cm³/mol. The summed E-state index contributed by atoms with van der Waals surface area (Å²) in [5.41, 5.74) is 4.57. The largest absolute Gasteiger partial charge is 1.00 e. The molecule has 2 aromatic heterocycles. The molecule has 0 saturated heterocycles. The van der Waals surface area contributed by atoms with Crippen LogP contribution >= 0.6 is 0 Å². The van der Waals surface area contributed by atoms with Gasteiger partial charge in [0.1, 0.15) is 17.6 Å². The fourth-order valence-corrected chi connectivity index (χ4v) is 2.87. The Hall–Kier alpha value is -2.59. The molecule has 0 fully saturated rings. The average molecular weight is 381 g/mol. The normalized spacial score (nSPS) is 10.4. The van der Waals surface area contributed by atoms with Gasteiger partial charge in [-0.3, -0.25) is 0 Å². The molecule has 0 amide bonds. The molecular weight excluding hydrogens is 364 g/mol. The molecule has 0 saturated carbocycles. The van der Waals surface area contributed by atoms with Gasteiger partial charge in [0.15, 0.2) is 5.69 Å². The number of halogens is 1. The number of hydrogen-bond acceptors (Lipinski definition) is 1. The molecule has 0 spiro atoms. The third-order valence-corrected chi connectivity index (χ3v) is 4.00. The van der Waals surface area contributed by atoms with Gasteiger partial charge in [-0.25, -0.2) is 4.40 Å². The number of benzene rings is 2. The maximum atomic E-state index is 5.27. The second-order valence-electron chi connectivity index (χ2n) is 5.38. The first kappa shape index (κ1) is 16.3. The standard InChI is InChI=1S/C20H17N2O.BrH/c1-23-18-12-10-17(11-13-18)22-19(16-7-3-2-4-8-16)15-21-14-6-5-9-20(21)22;/h2-15H,1H3;1H/q+1;/p-1. The van der Waals surface area contributed by atoms with Gasteiger partial charge in [0.2, 0.25) is 0 Å². The summed E-state index contributed by atoms with van der Waals surface area (Å²) in [5, 5.41) is 0. The molecular formula is C20H17BrN2O. The number of fused-ring (bicyclic) bond motifs is 1. The van der Waals surface area contributed by atoms with E-state index in [0.29, 0.717) is 0 Å². The van der Waals surface area contributed by atoms with Gasteiger partial charge >= 0.3 is 0 Å². The van der Waals surface area contributed by atoms with Gasteiger partial charge < -0.3 is 21.7 Å². The van der Waals surface area contributed by atoms with Crippen LogP contribution in [0.5, 0.6) is 5.75 Å². The lowest BCUT2D eigenvalue weighted by Gasteiger charge is -2.04. The summed E-state index contributed by atoms with van der Waals surface area (Å²) < 4.78 is 9.68. The molecule has 0 aliphatic heterocycles. The highest BCUT2D eigenvalue weighted by Gasteiger charge is 2.20. The number of pyridine rings is 1. The number of hydrogen-bond donors (Lipinski definition) is 0. The van der Waals surface area contributed by atoms with Crippen molar-refractivity contribution in [3.8, 4) is 22.7 Å². The number of rotatable bonds is 3. The van der Waals surface area contributed by atoms with Crippen molar-refractivity contribution in [2.75, 3.05) is 7.11 Å². The van der Waals surface area contributed by atoms with Gasteiger partial charge in [-0.2, -0.15) is 4.57 Å². The third kappa shape index (κ3) is 2.81. The molecule has 2 aromatic carbocycles. The summed E-state index contributed by atoms with van der Waals surface area (Å²) in [4.78, 5) is 0. The average Bonchev–Trinajstić information content (AvgIpc) is 3.02. The molecule has 0 N–H and O–H groups in total. The van der Waals surface area contributed by atoms with Crippen LogP contribution in [0.4, 0.5) is 0 Å². The number of imidazole rings is 1. The van der Waals surface area contributed by atoms with E-state index < -0.39 is 0 Å². The first-order valence-corrected chi connectivity index (χ1v) is 7.58. The maximum Gasteiger partial charge on any atom is 0.291 e. The van der Waals surface area contributed by atoms with Crippen molar-refractivity contribution < 1.29 is 26.1 Å². The first-order chi connectivity index (χ1) is 11.4. The fraction of sp³-hybridized carbons (Fsp3) is 0.0500. The van der Waals surface area contributed by atoms with Crippen LogP contribution in [0, 0.1) is 0 Å². The van der Waals surface area contributed by atoms with E-state index in [2.05, 4.69) is 69.9 Å². The predicted octanol–water partition coefficient (Wildman–Crippen LogP) is 0.896. The Kier molecular flexibility index (Phi) is 4.67. The summed E-state index contributed by atoms with van der Waals surface area (Å²) in [5.74, 6) is 0.860. The molecule has 0 bridgehead atoms. The zero-order valence-electron chi connectivity index (χ0n) is 13.3. The fourth-order valence-electron chi connectivity index (χ4n) is 2.87. The third-order valence-electron chi connectivity index (χ3n) is 4.00. The van der Waals surface area contributed by atoms with Crippen molar-refractivity contribution in [3.63, 3.8) is 0 Å². The van der Waals surface area contributed by atoms with Crippen LogP contribution in [0.1, 0.15) is 0 Å². The van der Waals surface area contributed by atoms with Crippen LogP contribution in [-0.2, 0) is 0 Å². The molecule has 2 heterocycles. The Balaban J connectivity index is 0.00000169. The smallest absolute Gasteiger partial charge is 0.291 e. The number of aromatic nitrogens is 2. The zero-order chi connectivity index (χ0) is 15.6. The lowest BCUT2D eigenvalue weighted by Crippen LogP contribution is -3.00. The molecule has 3 nitrogen and oxygen atoms in total. The van der Waals surface area contributed by atoms with Gasteiger partial charge in [-0.05, 0) is 30.3 Å². The van der Waals surface area contributed by atoms with E-state index in [9.17, 15) is 0 Å². The summed E-state index contributed by atoms with van der Waals surface area (Å²) in [7, 11) is 1.69. The van der Waals surface area contributed by atoms with Crippen molar-refractivity contribution in [2.45, 2.75) is 0 Å². The maximum absolute atomic E-state index is 5.27. The SMILES string of the molecule is COc1ccc(-n2c(-c3ccccc3)c[n+]3ccccc23)cc1.[Br-]. The van der Waals surface area contributed by atoms with Crippen molar-refractivity contribution in [3.05, 3.63) is 85.2 Å². The van der Waals surface area contributed by atoms with Crippen molar-refractivity contribution in [2.24, 2.45) is 0 Å². The Labute approximate surface area is 151 Å². The summed E-state index contributed by atoms with van der Waals surface area (Å²) >= 11 is 0. The van der Waals surface area contributed by atoms with Crippen LogP contribution in [0.3, 0.4) is 0 Å². The van der Waals surface area contributed by atoms with Gasteiger partial charge in [0.05, 0.1) is 13.3 Å². The first-order valence-electron chi connectivity index (χ1n) is 7.58. The molecule has 24 heavy (non-hydrogen) atoms. The molecule has 4 aromatic rings. The Bertz CT molecular complexity index is 946. The van der Waals surface area contributed by atoms with Crippen LogP contribution in [0.2, 0.25) is 0 Å². The minimum atomic E-state index is 0. The van der Waals surface area contributed by atoms with E-state index in [1.165, 1.54) is 5.56 Å². The molecule has 4 heteroatoms. The van der Waals surface area contributed by atoms with E-state index in [4.69, 9.17) is 4.74 Å². The zero-order valence-corrected chi connectivity index (χ0v) is 14.8. The van der Waals surface area contributed by atoms with Crippen LogP contribution in [0.25, 0.3) is 22.6 Å². The molecule has 0 aliphatic rings. The van der Waals surface area contributed by atoms with Crippen molar-refractivity contribution in [1.29, 1.82) is 0 Å². The number of ether oxygens (including phenoxy) is 1.